The number of phenols is 1. The third-order valence-corrected chi connectivity index (χ3v) is 8.80. The zero-order valence-electron chi connectivity index (χ0n) is 24.7. The first kappa shape index (κ1) is 30.5. The molecule has 2 heterocycles. The van der Waals surface area contributed by atoms with Gasteiger partial charge in [-0.2, -0.15) is 0 Å². The van der Waals surface area contributed by atoms with Crippen molar-refractivity contribution in [3.63, 3.8) is 0 Å². The lowest BCUT2D eigenvalue weighted by molar-refractivity contribution is -0.225. The number of fused-ring (bicyclic) bond motifs is 2. The molecule has 2 aromatic rings. The van der Waals surface area contributed by atoms with Crippen LogP contribution in [-0.2, 0) is 11.4 Å². The number of ether oxygens (including phenoxy) is 1. The number of rotatable bonds is 11. The van der Waals surface area contributed by atoms with E-state index in [9.17, 15) is 25.5 Å². The zero-order valence-corrected chi connectivity index (χ0v) is 24.7. The monoisotopic (exact) mass is 584 g/mol. The molecule has 2 aliphatic carbocycles. The van der Waals surface area contributed by atoms with Crippen molar-refractivity contribution < 1.29 is 35.1 Å². The maximum absolute atomic E-state index is 12.7. The lowest BCUT2D eigenvalue weighted by atomic mass is 9.55. The Balaban J connectivity index is 1.73. The molecule has 0 saturated heterocycles. The van der Waals surface area contributed by atoms with Crippen LogP contribution >= 0.6 is 0 Å². The molecule has 1 aromatic heterocycles. The Bertz CT molecular complexity index is 1300. The van der Waals surface area contributed by atoms with Crippen LogP contribution in [0.25, 0.3) is 0 Å². The molecule has 3 aliphatic rings. The van der Waals surface area contributed by atoms with Crippen LogP contribution in [0.1, 0.15) is 88.9 Å². The Morgan fingerprint density at radius 2 is 1.83 bits per heavy atom. The van der Waals surface area contributed by atoms with Crippen LogP contribution in [0, 0.1) is 17.8 Å². The molecule has 1 aliphatic heterocycles. The summed E-state index contributed by atoms with van der Waals surface area (Å²) in [6.07, 6.45) is 8.51. The summed E-state index contributed by atoms with van der Waals surface area (Å²) in [6, 6.07) is 4.20. The van der Waals surface area contributed by atoms with E-state index in [0.717, 1.165) is 36.8 Å². The van der Waals surface area contributed by atoms with Crippen LogP contribution in [0.5, 0.6) is 11.5 Å². The van der Waals surface area contributed by atoms with Crippen LogP contribution in [-0.4, -0.2) is 70.8 Å². The fraction of sp³-hybridized carbons (Fsp3) is 0.645. The van der Waals surface area contributed by atoms with Crippen molar-refractivity contribution in [1.29, 1.82) is 0 Å². The highest BCUT2D eigenvalue weighted by Crippen LogP contribution is 2.62. The van der Waals surface area contributed by atoms with E-state index in [1.807, 2.05) is 20.8 Å². The number of nitrogens with zero attached hydrogens (tertiary/aromatic N) is 4. The van der Waals surface area contributed by atoms with Gasteiger partial charge in [0.15, 0.2) is 0 Å². The molecule has 1 fully saturated rings. The van der Waals surface area contributed by atoms with Crippen LogP contribution in [0.3, 0.4) is 0 Å². The predicted molar refractivity (Wildman–Crippen MR) is 155 cm³/mol. The van der Waals surface area contributed by atoms with Crippen molar-refractivity contribution in [1.82, 2.24) is 15.0 Å². The topological polar surface area (TPSA) is 163 Å². The number of allylic oxidation sites excluding steroid dienone is 1. The third-order valence-electron chi connectivity index (χ3n) is 8.80. The van der Waals surface area contributed by atoms with E-state index in [1.54, 1.807) is 18.2 Å². The highest BCUT2D eigenvalue weighted by Gasteiger charge is 2.63. The van der Waals surface area contributed by atoms with Gasteiger partial charge in [-0.1, -0.05) is 29.3 Å². The molecule has 11 heteroatoms. The molecule has 0 radical (unpaired) electrons. The molecule has 1 saturated carbocycles. The average molecular weight is 585 g/mol. The number of hydrogen-bond acceptors (Lipinski definition) is 10. The normalized spacial score (nSPS) is 29.5. The van der Waals surface area contributed by atoms with Gasteiger partial charge in [-0.25, -0.2) is 4.68 Å². The fourth-order valence-corrected chi connectivity index (χ4v) is 7.04. The summed E-state index contributed by atoms with van der Waals surface area (Å²) < 4.78 is 8.04. The maximum atomic E-state index is 12.7. The number of aliphatic hydroxyl groups excluding tert-OH is 3. The summed E-state index contributed by atoms with van der Waals surface area (Å²) in [7, 11) is 0. The van der Waals surface area contributed by atoms with Crippen molar-refractivity contribution in [2.45, 2.75) is 95.7 Å². The summed E-state index contributed by atoms with van der Waals surface area (Å²) in [5, 5.41) is 65.5. The van der Waals surface area contributed by atoms with E-state index in [-0.39, 0.29) is 49.7 Å². The molecular formula is C31H44N4O7. The first-order chi connectivity index (χ1) is 20.1. The Kier molecular flexibility index (Phi) is 8.94. The summed E-state index contributed by atoms with van der Waals surface area (Å²) in [4.78, 5) is 5.95. The van der Waals surface area contributed by atoms with E-state index >= 15 is 0 Å². The molecule has 230 valence electrons. The van der Waals surface area contributed by atoms with Gasteiger partial charge in [0, 0.05) is 31.1 Å². The number of phenolic OH excluding ortho intramolecular Hbond substituents is 1. The fourth-order valence-electron chi connectivity index (χ4n) is 7.04. The Morgan fingerprint density at radius 1 is 1.10 bits per heavy atom. The standard InChI is InChI=1S/C31H44N4O7/c1-30(2,3)42-33-25-16-27(35-20(18-38)17-32-34-35)31(40)29-23(25)14-19(8-4-6-12-36)22(9-5-7-13-37)28(29)24-15-21(39)10-11-26(24)41-31/h10-11,14-15,17,19,22,27-29,36-40H,4-9,12-13,16,18H2,1-3H3/t19-,22+,27-,28+,29+,31+/m0/s1. The van der Waals surface area contributed by atoms with Gasteiger partial charge in [-0.15, -0.1) is 5.10 Å². The minimum absolute atomic E-state index is 0.0524. The van der Waals surface area contributed by atoms with Crippen molar-refractivity contribution in [2.24, 2.45) is 22.9 Å². The van der Waals surface area contributed by atoms with E-state index in [2.05, 4.69) is 21.5 Å². The van der Waals surface area contributed by atoms with Crippen molar-refractivity contribution in [2.75, 3.05) is 13.2 Å². The number of unbranched alkanes of at least 4 members (excludes halogenated alkanes) is 2. The van der Waals surface area contributed by atoms with E-state index in [4.69, 9.17) is 9.57 Å². The summed E-state index contributed by atoms with van der Waals surface area (Å²) in [6.45, 7) is 5.66. The number of hydrogen-bond donors (Lipinski definition) is 5. The summed E-state index contributed by atoms with van der Waals surface area (Å²) in [5.41, 5.74) is 2.21. The van der Waals surface area contributed by atoms with Gasteiger partial charge in [0.1, 0.15) is 23.1 Å². The number of oxime groups is 1. The molecule has 0 amide bonds. The van der Waals surface area contributed by atoms with Crippen LogP contribution in [0.4, 0.5) is 0 Å². The van der Waals surface area contributed by atoms with Crippen LogP contribution in [0.15, 0.2) is 41.2 Å². The highest BCUT2D eigenvalue weighted by atomic mass is 16.6. The van der Waals surface area contributed by atoms with Gasteiger partial charge in [0.25, 0.3) is 0 Å². The Hall–Kier alpha value is -2.99. The first-order valence-corrected chi connectivity index (χ1v) is 15.0. The molecule has 5 rings (SSSR count). The lowest BCUT2D eigenvalue weighted by Gasteiger charge is -2.56. The molecule has 5 N–H and O–H groups in total. The van der Waals surface area contributed by atoms with Crippen molar-refractivity contribution in [3.05, 3.63) is 47.3 Å². The lowest BCUT2D eigenvalue weighted by Crippen LogP contribution is -2.62. The minimum Gasteiger partial charge on any atom is -0.508 e. The predicted octanol–water partition coefficient (Wildman–Crippen LogP) is 3.57. The summed E-state index contributed by atoms with van der Waals surface area (Å²) >= 11 is 0. The second-order valence-corrected chi connectivity index (χ2v) is 12.8. The Morgan fingerprint density at radius 3 is 2.52 bits per heavy atom. The molecule has 11 nitrogen and oxygen atoms in total. The number of aliphatic hydroxyl groups is 4. The van der Waals surface area contributed by atoms with Gasteiger partial charge < -0.3 is 35.1 Å². The smallest absolute Gasteiger partial charge is 0.238 e. The number of benzene rings is 1. The second-order valence-electron chi connectivity index (χ2n) is 12.8. The van der Waals surface area contributed by atoms with Gasteiger partial charge >= 0.3 is 0 Å². The number of aromatic nitrogens is 3. The van der Waals surface area contributed by atoms with Gasteiger partial charge in [0.2, 0.25) is 5.79 Å². The molecule has 6 atom stereocenters. The van der Waals surface area contributed by atoms with Gasteiger partial charge in [-0.3, -0.25) is 0 Å². The maximum Gasteiger partial charge on any atom is 0.238 e. The molecule has 0 bridgehead atoms. The highest BCUT2D eigenvalue weighted by molar-refractivity contribution is 6.02. The molecule has 1 aromatic carbocycles. The van der Waals surface area contributed by atoms with E-state index < -0.39 is 23.3 Å². The van der Waals surface area contributed by atoms with E-state index in [0.29, 0.717) is 30.0 Å². The van der Waals surface area contributed by atoms with Crippen LogP contribution < -0.4 is 4.74 Å². The molecule has 0 spiro atoms. The summed E-state index contributed by atoms with van der Waals surface area (Å²) in [5.74, 6) is -1.87. The van der Waals surface area contributed by atoms with Crippen molar-refractivity contribution in [3.8, 4) is 11.5 Å². The van der Waals surface area contributed by atoms with Gasteiger partial charge in [-0.05, 0) is 82.1 Å². The Labute approximate surface area is 246 Å². The SMILES string of the molecule is CC(C)(C)ON=C1C[C@H](n2nncc2CO)[C@@]2(O)Oc3ccc(O)cc3[C@H]3[C@H](CCCCO)[C@@H](CCCCO)C=C1[C@H]32. The average Bonchev–Trinajstić information content (AvgIpc) is 3.42. The van der Waals surface area contributed by atoms with E-state index in [1.165, 1.54) is 10.9 Å². The first-order valence-electron chi connectivity index (χ1n) is 15.0. The molecular weight excluding hydrogens is 540 g/mol. The number of aromatic hydroxyl groups is 1. The van der Waals surface area contributed by atoms with Gasteiger partial charge in [0.05, 0.1) is 30.1 Å². The molecule has 0 unspecified atom stereocenters. The third kappa shape index (κ3) is 5.79. The van der Waals surface area contributed by atoms with Crippen LogP contribution in [0.2, 0.25) is 0 Å². The zero-order chi connectivity index (χ0) is 30.1. The minimum atomic E-state index is -1.77. The van der Waals surface area contributed by atoms with Crippen molar-refractivity contribution >= 4 is 5.71 Å². The second kappa shape index (κ2) is 12.3. The largest absolute Gasteiger partial charge is 0.508 e. The quantitative estimate of drug-likeness (QED) is 0.196. The molecule has 42 heavy (non-hydrogen) atoms.